The molecule has 1 rings (SSSR count). The number of likely N-dealkylation sites (N-methyl/N-ethyl adjacent to an activating group) is 1. The Hall–Kier alpha value is -0.920. The molecule has 0 aliphatic rings. The number of hydrogen-bond acceptors (Lipinski definition) is 5. The highest BCUT2D eigenvalue weighted by atomic mass is 127. The van der Waals surface area contributed by atoms with Crippen LogP contribution in [-0.4, -0.2) is 35.6 Å². The van der Waals surface area contributed by atoms with Crippen molar-refractivity contribution in [3.63, 3.8) is 0 Å². The predicted octanol–water partition coefficient (Wildman–Crippen LogP) is 1.47. The SMILES string of the molecule is CCOC(=O)CN(CC)c1ncc(I)cn1. The number of carbonyl (C=O) groups excluding carboxylic acids is 1. The van der Waals surface area contributed by atoms with Crippen LogP contribution in [0, 0.1) is 3.57 Å². The molecule has 0 N–H and O–H groups in total. The molecule has 5 nitrogen and oxygen atoms in total. The molecule has 0 unspecified atom stereocenters. The molecule has 1 aromatic heterocycles. The van der Waals surface area contributed by atoms with E-state index in [4.69, 9.17) is 4.74 Å². The third-order valence-corrected chi connectivity index (χ3v) is 2.45. The van der Waals surface area contributed by atoms with E-state index in [1.165, 1.54) is 0 Å². The predicted molar refractivity (Wildman–Crippen MR) is 69.3 cm³/mol. The van der Waals surface area contributed by atoms with Crippen molar-refractivity contribution in [1.29, 1.82) is 0 Å². The highest BCUT2D eigenvalue weighted by molar-refractivity contribution is 14.1. The molecule has 0 aromatic carbocycles. The van der Waals surface area contributed by atoms with Crippen LogP contribution in [0.4, 0.5) is 5.95 Å². The standard InChI is InChI=1S/C10H14IN3O2/c1-3-14(7-9(15)16-4-2)10-12-5-8(11)6-13-10/h5-6H,3-4,7H2,1-2H3. The lowest BCUT2D eigenvalue weighted by Gasteiger charge is -2.19. The van der Waals surface area contributed by atoms with Crippen LogP contribution < -0.4 is 4.90 Å². The minimum absolute atomic E-state index is 0.185. The Morgan fingerprint density at radius 2 is 2.06 bits per heavy atom. The van der Waals surface area contributed by atoms with Crippen LogP contribution in [0.15, 0.2) is 12.4 Å². The van der Waals surface area contributed by atoms with Gasteiger partial charge < -0.3 is 9.64 Å². The summed E-state index contributed by atoms with van der Waals surface area (Å²) in [6, 6.07) is 0. The van der Waals surface area contributed by atoms with Crippen molar-refractivity contribution in [1.82, 2.24) is 9.97 Å². The van der Waals surface area contributed by atoms with E-state index >= 15 is 0 Å². The van der Waals surface area contributed by atoms with E-state index in [1.807, 2.05) is 6.92 Å². The van der Waals surface area contributed by atoms with Gasteiger partial charge >= 0.3 is 5.97 Å². The molecule has 6 heteroatoms. The Balaban J connectivity index is 2.67. The van der Waals surface area contributed by atoms with Gasteiger partial charge in [0.1, 0.15) is 6.54 Å². The second kappa shape index (κ2) is 6.62. The average molecular weight is 335 g/mol. The molecule has 0 spiro atoms. The molecule has 16 heavy (non-hydrogen) atoms. The van der Waals surface area contributed by atoms with Crippen molar-refractivity contribution in [3.8, 4) is 0 Å². The summed E-state index contributed by atoms with van der Waals surface area (Å²) in [5, 5.41) is 0. The van der Waals surface area contributed by atoms with Crippen LogP contribution >= 0.6 is 22.6 Å². The summed E-state index contributed by atoms with van der Waals surface area (Å²) in [4.78, 5) is 21.4. The van der Waals surface area contributed by atoms with Crippen molar-refractivity contribution < 1.29 is 9.53 Å². The molecule has 0 radical (unpaired) electrons. The van der Waals surface area contributed by atoms with Crippen LogP contribution in [0.25, 0.3) is 0 Å². The number of carbonyl (C=O) groups is 1. The van der Waals surface area contributed by atoms with Gasteiger partial charge in [-0.2, -0.15) is 0 Å². The maximum absolute atomic E-state index is 11.3. The van der Waals surface area contributed by atoms with Crippen molar-refractivity contribution in [2.45, 2.75) is 13.8 Å². The summed E-state index contributed by atoms with van der Waals surface area (Å²) in [6.07, 6.45) is 3.44. The number of halogens is 1. The van der Waals surface area contributed by atoms with Crippen LogP contribution in [-0.2, 0) is 9.53 Å². The first-order chi connectivity index (χ1) is 7.67. The molecular weight excluding hydrogens is 321 g/mol. The van der Waals surface area contributed by atoms with Crippen LogP contribution in [0.3, 0.4) is 0 Å². The number of rotatable bonds is 5. The molecule has 88 valence electrons. The first-order valence-corrected chi connectivity index (χ1v) is 6.13. The Kier molecular flexibility index (Phi) is 5.44. The lowest BCUT2D eigenvalue weighted by molar-refractivity contribution is -0.141. The Morgan fingerprint density at radius 3 is 2.56 bits per heavy atom. The maximum Gasteiger partial charge on any atom is 0.325 e. The van der Waals surface area contributed by atoms with Gasteiger partial charge in [0.15, 0.2) is 0 Å². The molecular formula is C10H14IN3O2. The normalized spacial score (nSPS) is 9.94. The van der Waals surface area contributed by atoms with E-state index in [1.54, 1.807) is 24.2 Å². The third-order valence-electron chi connectivity index (χ3n) is 1.90. The molecule has 0 fully saturated rings. The van der Waals surface area contributed by atoms with E-state index in [9.17, 15) is 4.79 Å². The van der Waals surface area contributed by atoms with Gasteiger partial charge in [0.05, 0.1) is 6.61 Å². The first kappa shape index (κ1) is 13.1. The monoisotopic (exact) mass is 335 g/mol. The molecule has 0 aliphatic heterocycles. The van der Waals surface area contributed by atoms with Gasteiger partial charge in [-0.3, -0.25) is 4.79 Å². The number of hydrogen-bond donors (Lipinski definition) is 0. The quantitative estimate of drug-likeness (QED) is 0.603. The Labute approximate surface area is 108 Å². The number of aromatic nitrogens is 2. The second-order valence-electron chi connectivity index (χ2n) is 3.02. The van der Waals surface area contributed by atoms with Crippen molar-refractivity contribution in [2.75, 3.05) is 24.6 Å². The maximum atomic E-state index is 11.3. The summed E-state index contributed by atoms with van der Waals surface area (Å²) < 4.78 is 5.85. The second-order valence-corrected chi connectivity index (χ2v) is 4.27. The Morgan fingerprint density at radius 1 is 1.44 bits per heavy atom. The number of esters is 1. The largest absolute Gasteiger partial charge is 0.465 e. The lowest BCUT2D eigenvalue weighted by Crippen LogP contribution is -2.32. The zero-order valence-corrected chi connectivity index (χ0v) is 11.5. The third kappa shape index (κ3) is 3.92. The summed E-state index contributed by atoms with van der Waals surface area (Å²) in [5.41, 5.74) is 0. The van der Waals surface area contributed by atoms with Crippen molar-refractivity contribution in [2.24, 2.45) is 0 Å². The fourth-order valence-electron chi connectivity index (χ4n) is 1.16. The van der Waals surface area contributed by atoms with Gasteiger partial charge in [-0.25, -0.2) is 9.97 Å². The van der Waals surface area contributed by atoms with Crippen LogP contribution in [0.1, 0.15) is 13.8 Å². The van der Waals surface area contributed by atoms with E-state index in [0.29, 0.717) is 19.1 Å². The van der Waals surface area contributed by atoms with Gasteiger partial charge in [0.25, 0.3) is 0 Å². The number of nitrogens with zero attached hydrogens (tertiary/aromatic N) is 3. The topological polar surface area (TPSA) is 55.3 Å². The summed E-state index contributed by atoms with van der Waals surface area (Å²) in [5.74, 6) is 0.294. The van der Waals surface area contributed by atoms with Crippen molar-refractivity contribution in [3.05, 3.63) is 16.0 Å². The molecule has 1 aromatic rings. The van der Waals surface area contributed by atoms with Gasteiger partial charge in [0.2, 0.25) is 5.95 Å². The van der Waals surface area contributed by atoms with Gasteiger partial charge in [-0.1, -0.05) is 0 Å². The van der Waals surface area contributed by atoms with E-state index < -0.39 is 0 Å². The minimum Gasteiger partial charge on any atom is -0.465 e. The first-order valence-electron chi connectivity index (χ1n) is 5.05. The van der Waals surface area contributed by atoms with Crippen LogP contribution in [0.5, 0.6) is 0 Å². The molecule has 0 aliphatic carbocycles. The summed E-state index contributed by atoms with van der Waals surface area (Å²) >= 11 is 2.14. The van der Waals surface area contributed by atoms with Crippen molar-refractivity contribution >= 4 is 34.5 Å². The zero-order chi connectivity index (χ0) is 12.0. The zero-order valence-electron chi connectivity index (χ0n) is 9.31. The highest BCUT2D eigenvalue weighted by Crippen LogP contribution is 2.08. The smallest absolute Gasteiger partial charge is 0.325 e. The fourth-order valence-corrected chi connectivity index (χ4v) is 1.43. The van der Waals surface area contributed by atoms with Gasteiger partial charge in [-0.15, -0.1) is 0 Å². The molecule has 0 bridgehead atoms. The van der Waals surface area contributed by atoms with E-state index in [-0.39, 0.29) is 12.5 Å². The molecule has 0 atom stereocenters. The number of anilines is 1. The fraction of sp³-hybridized carbons (Fsp3) is 0.500. The van der Waals surface area contributed by atoms with Gasteiger partial charge in [0, 0.05) is 22.5 Å². The molecule has 0 amide bonds. The Bertz CT molecular complexity index is 342. The summed E-state index contributed by atoms with van der Waals surface area (Å²) in [6.45, 7) is 4.98. The molecule has 1 heterocycles. The molecule has 0 saturated carbocycles. The minimum atomic E-state index is -0.258. The van der Waals surface area contributed by atoms with E-state index in [0.717, 1.165) is 3.57 Å². The van der Waals surface area contributed by atoms with Gasteiger partial charge in [-0.05, 0) is 36.4 Å². The molecule has 0 saturated heterocycles. The average Bonchev–Trinajstić information content (AvgIpc) is 2.27. The summed E-state index contributed by atoms with van der Waals surface area (Å²) in [7, 11) is 0. The highest BCUT2D eigenvalue weighted by Gasteiger charge is 2.12. The van der Waals surface area contributed by atoms with Crippen LogP contribution in [0.2, 0.25) is 0 Å². The van der Waals surface area contributed by atoms with E-state index in [2.05, 4.69) is 32.6 Å². The number of ether oxygens (including phenoxy) is 1. The lowest BCUT2D eigenvalue weighted by atomic mass is 10.5.